The summed E-state index contributed by atoms with van der Waals surface area (Å²) in [6.45, 7) is 6.24. The van der Waals surface area contributed by atoms with E-state index in [1.807, 2.05) is 0 Å². The molecule has 2 atom stereocenters. The lowest BCUT2D eigenvalue weighted by molar-refractivity contribution is -0.125. The maximum atomic E-state index is 11.8. The van der Waals surface area contributed by atoms with E-state index in [2.05, 4.69) is 26.1 Å². The lowest BCUT2D eigenvalue weighted by Crippen LogP contribution is -2.47. The van der Waals surface area contributed by atoms with Crippen LogP contribution in [-0.2, 0) is 9.59 Å². The number of thioether (sulfide) groups is 1. The Morgan fingerprint density at radius 3 is 2.44 bits per heavy atom. The van der Waals surface area contributed by atoms with E-state index in [1.54, 1.807) is 11.8 Å². The second kappa shape index (κ2) is 6.45. The SMILES string of the molecule is CC(C)(C)SCC(=O)N[C@H]1CCCC[C@H]1C(N)=O. The van der Waals surface area contributed by atoms with Gasteiger partial charge in [0, 0.05) is 10.8 Å². The van der Waals surface area contributed by atoms with Gasteiger partial charge in [0.15, 0.2) is 0 Å². The predicted octanol–water partition coefficient (Wildman–Crippen LogP) is 1.68. The smallest absolute Gasteiger partial charge is 0.230 e. The van der Waals surface area contributed by atoms with Crippen LogP contribution in [0.3, 0.4) is 0 Å². The van der Waals surface area contributed by atoms with Crippen molar-refractivity contribution in [1.82, 2.24) is 5.32 Å². The molecule has 0 unspecified atom stereocenters. The molecule has 1 saturated carbocycles. The molecule has 1 aliphatic carbocycles. The van der Waals surface area contributed by atoms with E-state index >= 15 is 0 Å². The van der Waals surface area contributed by atoms with Crippen molar-refractivity contribution in [3.63, 3.8) is 0 Å². The van der Waals surface area contributed by atoms with Crippen LogP contribution in [0, 0.1) is 5.92 Å². The molecule has 0 aromatic carbocycles. The summed E-state index contributed by atoms with van der Waals surface area (Å²) in [4.78, 5) is 23.2. The molecule has 5 heteroatoms. The van der Waals surface area contributed by atoms with Gasteiger partial charge in [0.25, 0.3) is 0 Å². The quantitative estimate of drug-likeness (QED) is 0.818. The van der Waals surface area contributed by atoms with Crippen molar-refractivity contribution in [3.8, 4) is 0 Å². The molecule has 0 saturated heterocycles. The highest BCUT2D eigenvalue weighted by Crippen LogP contribution is 2.25. The maximum Gasteiger partial charge on any atom is 0.230 e. The van der Waals surface area contributed by atoms with Crippen molar-refractivity contribution in [2.24, 2.45) is 11.7 Å². The Labute approximate surface area is 113 Å². The number of rotatable bonds is 4. The second-order valence-electron chi connectivity index (χ2n) is 5.87. The Balaban J connectivity index is 2.44. The number of hydrogen-bond donors (Lipinski definition) is 2. The zero-order chi connectivity index (χ0) is 13.8. The van der Waals surface area contributed by atoms with Crippen LogP contribution in [0.2, 0.25) is 0 Å². The zero-order valence-corrected chi connectivity index (χ0v) is 12.3. The maximum absolute atomic E-state index is 11.8. The van der Waals surface area contributed by atoms with Crippen LogP contribution in [0.15, 0.2) is 0 Å². The lowest BCUT2D eigenvalue weighted by Gasteiger charge is -2.30. The van der Waals surface area contributed by atoms with Crippen LogP contribution >= 0.6 is 11.8 Å². The Morgan fingerprint density at radius 2 is 1.89 bits per heavy atom. The largest absolute Gasteiger partial charge is 0.369 e. The van der Waals surface area contributed by atoms with Gasteiger partial charge in [0.05, 0.1) is 11.7 Å². The van der Waals surface area contributed by atoms with Gasteiger partial charge in [-0.15, -0.1) is 11.8 Å². The third-order valence-electron chi connectivity index (χ3n) is 3.11. The van der Waals surface area contributed by atoms with Gasteiger partial charge in [-0.1, -0.05) is 33.6 Å². The van der Waals surface area contributed by atoms with E-state index in [9.17, 15) is 9.59 Å². The van der Waals surface area contributed by atoms with E-state index in [0.717, 1.165) is 25.7 Å². The topological polar surface area (TPSA) is 72.2 Å². The van der Waals surface area contributed by atoms with Crippen LogP contribution in [-0.4, -0.2) is 28.4 Å². The van der Waals surface area contributed by atoms with Crippen LogP contribution in [0.25, 0.3) is 0 Å². The van der Waals surface area contributed by atoms with Gasteiger partial charge in [-0.25, -0.2) is 0 Å². The van der Waals surface area contributed by atoms with E-state index < -0.39 is 0 Å². The van der Waals surface area contributed by atoms with Gasteiger partial charge in [0.1, 0.15) is 0 Å². The standard InChI is InChI=1S/C13H24N2O2S/c1-13(2,3)18-8-11(16)15-10-7-5-4-6-9(10)12(14)17/h9-10H,4-8H2,1-3H3,(H2,14,17)(H,15,16)/t9-,10+/m1/s1. The number of amides is 2. The van der Waals surface area contributed by atoms with Crippen LogP contribution in [0.1, 0.15) is 46.5 Å². The normalized spacial score (nSPS) is 24.6. The summed E-state index contributed by atoms with van der Waals surface area (Å²) in [7, 11) is 0. The number of primary amides is 1. The summed E-state index contributed by atoms with van der Waals surface area (Å²) in [6.07, 6.45) is 3.74. The van der Waals surface area contributed by atoms with E-state index in [0.29, 0.717) is 5.75 Å². The molecule has 2 amide bonds. The van der Waals surface area contributed by atoms with Crippen molar-refractivity contribution >= 4 is 23.6 Å². The van der Waals surface area contributed by atoms with Crippen molar-refractivity contribution in [2.45, 2.75) is 57.2 Å². The van der Waals surface area contributed by atoms with Gasteiger partial charge in [-0.3, -0.25) is 9.59 Å². The summed E-state index contributed by atoms with van der Waals surface area (Å²) in [5, 5.41) is 2.96. The van der Waals surface area contributed by atoms with Gasteiger partial charge in [0.2, 0.25) is 11.8 Å². The number of hydrogen-bond acceptors (Lipinski definition) is 3. The summed E-state index contributed by atoms with van der Waals surface area (Å²) >= 11 is 1.61. The van der Waals surface area contributed by atoms with Crippen LogP contribution in [0.4, 0.5) is 0 Å². The molecule has 0 bridgehead atoms. The van der Waals surface area contributed by atoms with Gasteiger partial charge >= 0.3 is 0 Å². The van der Waals surface area contributed by atoms with Gasteiger partial charge in [-0.2, -0.15) is 0 Å². The van der Waals surface area contributed by atoms with Gasteiger partial charge < -0.3 is 11.1 Å². The monoisotopic (exact) mass is 272 g/mol. The Bertz CT molecular complexity index is 313. The molecular weight excluding hydrogens is 248 g/mol. The number of nitrogens with two attached hydrogens (primary N) is 1. The fourth-order valence-corrected chi connectivity index (χ4v) is 2.82. The lowest BCUT2D eigenvalue weighted by atomic mass is 9.84. The minimum atomic E-state index is -0.288. The number of carbonyl (C=O) groups excluding carboxylic acids is 2. The molecular formula is C13H24N2O2S. The highest BCUT2D eigenvalue weighted by Gasteiger charge is 2.30. The Morgan fingerprint density at radius 1 is 1.28 bits per heavy atom. The second-order valence-corrected chi connectivity index (χ2v) is 7.67. The molecule has 0 heterocycles. The average molecular weight is 272 g/mol. The highest BCUT2D eigenvalue weighted by atomic mass is 32.2. The third-order valence-corrected chi connectivity index (χ3v) is 4.39. The van der Waals surface area contributed by atoms with Crippen LogP contribution in [0.5, 0.6) is 0 Å². The molecule has 1 fully saturated rings. The third kappa shape index (κ3) is 5.29. The molecule has 104 valence electrons. The Kier molecular flexibility index (Phi) is 5.50. The fraction of sp³-hybridized carbons (Fsp3) is 0.846. The first kappa shape index (κ1) is 15.3. The number of carbonyl (C=O) groups is 2. The van der Waals surface area contributed by atoms with Crippen molar-refractivity contribution in [1.29, 1.82) is 0 Å². The molecule has 0 aliphatic heterocycles. The first-order valence-electron chi connectivity index (χ1n) is 6.52. The molecule has 1 aliphatic rings. The molecule has 4 nitrogen and oxygen atoms in total. The molecule has 18 heavy (non-hydrogen) atoms. The summed E-state index contributed by atoms with van der Waals surface area (Å²) in [5.74, 6) is -0.0373. The summed E-state index contributed by atoms with van der Waals surface area (Å²) < 4.78 is 0.0764. The molecule has 0 radical (unpaired) electrons. The van der Waals surface area contributed by atoms with Crippen LogP contribution < -0.4 is 11.1 Å². The summed E-state index contributed by atoms with van der Waals surface area (Å²) in [5.41, 5.74) is 5.38. The van der Waals surface area contributed by atoms with E-state index in [4.69, 9.17) is 5.73 Å². The van der Waals surface area contributed by atoms with Crippen molar-refractivity contribution in [3.05, 3.63) is 0 Å². The molecule has 0 aromatic rings. The molecule has 0 aromatic heterocycles. The first-order chi connectivity index (χ1) is 8.29. The molecule has 1 rings (SSSR count). The van der Waals surface area contributed by atoms with E-state index in [1.165, 1.54) is 0 Å². The van der Waals surface area contributed by atoms with Gasteiger partial charge in [-0.05, 0) is 12.8 Å². The van der Waals surface area contributed by atoms with Crippen molar-refractivity contribution in [2.75, 3.05) is 5.75 Å². The minimum absolute atomic E-state index is 0.00748. The number of nitrogens with one attached hydrogen (secondary N) is 1. The highest BCUT2D eigenvalue weighted by molar-refractivity contribution is 8.01. The Hall–Kier alpha value is -0.710. The zero-order valence-electron chi connectivity index (χ0n) is 11.5. The van der Waals surface area contributed by atoms with E-state index in [-0.39, 0.29) is 28.5 Å². The average Bonchev–Trinajstić information content (AvgIpc) is 2.26. The van der Waals surface area contributed by atoms with Crippen molar-refractivity contribution < 1.29 is 9.59 Å². The predicted molar refractivity (Wildman–Crippen MR) is 75.3 cm³/mol. The minimum Gasteiger partial charge on any atom is -0.369 e. The molecule has 0 spiro atoms. The molecule has 3 N–H and O–H groups in total. The first-order valence-corrected chi connectivity index (χ1v) is 7.51. The summed E-state index contributed by atoms with van der Waals surface area (Å²) in [6, 6.07) is -0.0654. The fourth-order valence-electron chi connectivity index (χ4n) is 2.17.